The number of nitrogens with zero attached hydrogens (tertiary/aromatic N) is 2. The van der Waals surface area contributed by atoms with Gasteiger partial charge in [0.1, 0.15) is 6.54 Å². The van der Waals surface area contributed by atoms with Crippen LogP contribution in [-0.4, -0.2) is 15.0 Å². The van der Waals surface area contributed by atoms with Gasteiger partial charge in [-0.15, -0.1) is 0 Å². The molecule has 0 unspecified atom stereocenters. The van der Waals surface area contributed by atoms with Gasteiger partial charge in [0.2, 0.25) is 5.91 Å². The standard InChI is InChI=1S/C19H17N3O3/c23-17(20-16-9-5-2-6-10-16)14-21-12-11-18(24)22(19(21)25)13-15-7-3-1-4-8-15/h1-12H,13-14H2,(H,20,23). The second-order valence-corrected chi connectivity index (χ2v) is 5.55. The largest absolute Gasteiger partial charge is 0.331 e. The normalized spacial score (nSPS) is 10.4. The van der Waals surface area contributed by atoms with Gasteiger partial charge in [0.25, 0.3) is 5.56 Å². The Morgan fingerprint density at radius 2 is 1.52 bits per heavy atom. The summed E-state index contributed by atoms with van der Waals surface area (Å²) >= 11 is 0. The average molecular weight is 335 g/mol. The molecule has 1 amide bonds. The van der Waals surface area contributed by atoms with Gasteiger partial charge in [-0.2, -0.15) is 0 Å². The van der Waals surface area contributed by atoms with E-state index in [4.69, 9.17) is 0 Å². The third-order valence-corrected chi connectivity index (χ3v) is 3.69. The minimum absolute atomic E-state index is 0.164. The molecule has 3 rings (SSSR count). The van der Waals surface area contributed by atoms with Crippen molar-refractivity contribution < 1.29 is 4.79 Å². The molecule has 2 aromatic carbocycles. The topological polar surface area (TPSA) is 73.1 Å². The molecule has 6 heteroatoms. The first-order chi connectivity index (χ1) is 12.1. The summed E-state index contributed by atoms with van der Waals surface area (Å²) in [4.78, 5) is 36.7. The number of amides is 1. The van der Waals surface area contributed by atoms with E-state index in [9.17, 15) is 14.4 Å². The van der Waals surface area contributed by atoms with Gasteiger partial charge in [-0.3, -0.25) is 18.7 Å². The lowest BCUT2D eigenvalue weighted by Crippen LogP contribution is -2.40. The lowest BCUT2D eigenvalue weighted by atomic mass is 10.2. The molecule has 0 fully saturated rings. The van der Waals surface area contributed by atoms with Crippen molar-refractivity contribution in [3.05, 3.63) is 99.3 Å². The highest BCUT2D eigenvalue weighted by Gasteiger charge is 2.09. The summed E-state index contributed by atoms with van der Waals surface area (Å²) in [6.07, 6.45) is 1.34. The van der Waals surface area contributed by atoms with Gasteiger partial charge in [0.05, 0.1) is 6.54 Å². The van der Waals surface area contributed by atoms with E-state index in [0.29, 0.717) is 5.69 Å². The molecule has 0 atom stereocenters. The van der Waals surface area contributed by atoms with E-state index in [1.807, 2.05) is 48.5 Å². The lowest BCUT2D eigenvalue weighted by molar-refractivity contribution is -0.116. The van der Waals surface area contributed by atoms with Crippen molar-refractivity contribution in [3.63, 3.8) is 0 Å². The maximum Gasteiger partial charge on any atom is 0.331 e. The van der Waals surface area contributed by atoms with Crippen LogP contribution in [0.4, 0.5) is 5.69 Å². The van der Waals surface area contributed by atoms with Crippen LogP contribution in [0.1, 0.15) is 5.56 Å². The van der Waals surface area contributed by atoms with Crippen LogP contribution >= 0.6 is 0 Å². The first-order valence-corrected chi connectivity index (χ1v) is 7.82. The summed E-state index contributed by atoms with van der Waals surface area (Å²) in [7, 11) is 0. The highest BCUT2D eigenvalue weighted by Crippen LogP contribution is 2.04. The second kappa shape index (κ2) is 7.44. The fourth-order valence-corrected chi connectivity index (χ4v) is 2.47. The Bertz CT molecular complexity index is 976. The maximum absolute atomic E-state index is 12.5. The van der Waals surface area contributed by atoms with E-state index in [-0.39, 0.29) is 19.0 Å². The van der Waals surface area contributed by atoms with Crippen molar-refractivity contribution >= 4 is 11.6 Å². The van der Waals surface area contributed by atoms with Crippen molar-refractivity contribution in [2.24, 2.45) is 0 Å². The molecule has 3 aromatic rings. The number of benzene rings is 2. The molecule has 126 valence electrons. The van der Waals surface area contributed by atoms with Crippen LogP contribution < -0.4 is 16.6 Å². The fraction of sp³-hybridized carbons (Fsp3) is 0.105. The van der Waals surface area contributed by atoms with Crippen LogP contribution in [0.15, 0.2) is 82.5 Å². The number of aromatic nitrogens is 2. The molecule has 0 aliphatic carbocycles. The monoisotopic (exact) mass is 335 g/mol. The number of para-hydroxylation sites is 1. The van der Waals surface area contributed by atoms with Crippen molar-refractivity contribution in [1.82, 2.24) is 9.13 Å². The molecule has 0 saturated carbocycles. The van der Waals surface area contributed by atoms with Crippen molar-refractivity contribution in [1.29, 1.82) is 0 Å². The highest BCUT2D eigenvalue weighted by molar-refractivity contribution is 5.90. The molecule has 0 aliphatic rings. The number of carbonyl (C=O) groups is 1. The van der Waals surface area contributed by atoms with E-state index in [1.165, 1.54) is 16.8 Å². The van der Waals surface area contributed by atoms with E-state index < -0.39 is 11.2 Å². The molecule has 1 aromatic heterocycles. The van der Waals surface area contributed by atoms with Gasteiger partial charge in [-0.1, -0.05) is 48.5 Å². The second-order valence-electron chi connectivity index (χ2n) is 5.55. The molecule has 25 heavy (non-hydrogen) atoms. The van der Waals surface area contributed by atoms with E-state index in [2.05, 4.69) is 5.32 Å². The predicted molar refractivity (Wildman–Crippen MR) is 95.6 cm³/mol. The van der Waals surface area contributed by atoms with Crippen molar-refractivity contribution in [2.75, 3.05) is 5.32 Å². The first kappa shape index (κ1) is 16.4. The summed E-state index contributed by atoms with van der Waals surface area (Å²) in [6.45, 7) is 0.00243. The number of nitrogens with one attached hydrogen (secondary N) is 1. The van der Waals surface area contributed by atoms with Gasteiger partial charge in [0, 0.05) is 18.0 Å². The van der Waals surface area contributed by atoms with Gasteiger partial charge in [0.15, 0.2) is 0 Å². The maximum atomic E-state index is 12.5. The molecular formula is C19H17N3O3. The van der Waals surface area contributed by atoms with Gasteiger partial charge >= 0.3 is 5.69 Å². The molecule has 0 spiro atoms. The Morgan fingerprint density at radius 3 is 2.20 bits per heavy atom. The Balaban J connectivity index is 1.81. The summed E-state index contributed by atoms with van der Waals surface area (Å²) in [6, 6.07) is 19.5. The molecule has 0 aliphatic heterocycles. The number of hydrogen-bond donors (Lipinski definition) is 1. The number of anilines is 1. The van der Waals surface area contributed by atoms with Crippen LogP contribution in [0.5, 0.6) is 0 Å². The number of rotatable bonds is 5. The SMILES string of the molecule is O=C(Cn1ccc(=O)n(Cc2ccccc2)c1=O)Nc1ccccc1. The van der Waals surface area contributed by atoms with Gasteiger partial charge < -0.3 is 5.32 Å². The van der Waals surface area contributed by atoms with Gasteiger partial charge in [-0.05, 0) is 17.7 Å². The van der Waals surface area contributed by atoms with E-state index in [0.717, 1.165) is 10.1 Å². The molecule has 0 radical (unpaired) electrons. The molecule has 6 nitrogen and oxygen atoms in total. The van der Waals surface area contributed by atoms with Crippen LogP contribution in [0, 0.1) is 0 Å². The lowest BCUT2D eigenvalue weighted by Gasteiger charge is -2.10. The molecular weight excluding hydrogens is 318 g/mol. The van der Waals surface area contributed by atoms with E-state index >= 15 is 0 Å². The van der Waals surface area contributed by atoms with Crippen LogP contribution in [0.25, 0.3) is 0 Å². The quantitative estimate of drug-likeness (QED) is 0.771. The number of carbonyl (C=O) groups excluding carboxylic acids is 1. The van der Waals surface area contributed by atoms with Crippen molar-refractivity contribution in [3.8, 4) is 0 Å². The third-order valence-electron chi connectivity index (χ3n) is 3.69. The highest BCUT2D eigenvalue weighted by atomic mass is 16.2. The zero-order valence-electron chi connectivity index (χ0n) is 13.5. The Kier molecular flexibility index (Phi) is 4.89. The molecule has 1 heterocycles. The molecule has 1 N–H and O–H groups in total. The van der Waals surface area contributed by atoms with E-state index in [1.54, 1.807) is 12.1 Å². The Labute approximate surface area is 144 Å². The van der Waals surface area contributed by atoms with Crippen molar-refractivity contribution in [2.45, 2.75) is 13.1 Å². The summed E-state index contributed by atoms with van der Waals surface area (Å²) in [5.74, 6) is -0.335. The zero-order chi connectivity index (χ0) is 17.6. The predicted octanol–water partition coefficient (Wildman–Crippen LogP) is 1.70. The van der Waals surface area contributed by atoms with Crippen LogP contribution in [0.3, 0.4) is 0 Å². The zero-order valence-corrected chi connectivity index (χ0v) is 13.5. The summed E-state index contributed by atoms with van der Waals surface area (Å²) in [5, 5.41) is 2.72. The van der Waals surface area contributed by atoms with Crippen LogP contribution in [0.2, 0.25) is 0 Å². The number of hydrogen-bond acceptors (Lipinski definition) is 3. The Hall–Kier alpha value is -3.41. The summed E-state index contributed by atoms with van der Waals surface area (Å²) in [5.41, 5.74) is 0.583. The minimum Gasteiger partial charge on any atom is -0.325 e. The Morgan fingerprint density at radius 1 is 0.880 bits per heavy atom. The molecule has 0 bridgehead atoms. The van der Waals surface area contributed by atoms with Crippen LogP contribution in [-0.2, 0) is 17.9 Å². The first-order valence-electron chi connectivity index (χ1n) is 7.82. The fourth-order valence-electron chi connectivity index (χ4n) is 2.47. The minimum atomic E-state index is -0.514. The van der Waals surface area contributed by atoms with Gasteiger partial charge in [-0.25, -0.2) is 4.79 Å². The smallest absolute Gasteiger partial charge is 0.325 e. The summed E-state index contributed by atoms with van der Waals surface area (Å²) < 4.78 is 2.34. The molecule has 0 saturated heterocycles. The third kappa shape index (κ3) is 4.11. The average Bonchev–Trinajstić information content (AvgIpc) is 2.63.